The monoisotopic (exact) mass is 405 g/mol. The summed E-state index contributed by atoms with van der Waals surface area (Å²) in [5.74, 6) is -0.291. The number of hydrogen-bond donors (Lipinski definition) is 1. The van der Waals surface area contributed by atoms with Gasteiger partial charge in [0, 0.05) is 17.7 Å². The van der Waals surface area contributed by atoms with Crippen molar-refractivity contribution in [1.29, 1.82) is 0 Å². The quantitative estimate of drug-likeness (QED) is 0.597. The molecule has 30 heavy (non-hydrogen) atoms. The summed E-state index contributed by atoms with van der Waals surface area (Å²) < 4.78 is 16.3. The van der Waals surface area contributed by atoms with Gasteiger partial charge >= 0.3 is 5.97 Å². The first-order valence-corrected chi connectivity index (χ1v) is 9.98. The summed E-state index contributed by atoms with van der Waals surface area (Å²) in [6, 6.07) is 20.1. The van der Waals surface area contributed by atoms with Gasteiger partial charge in [0.15, 0.2) is 6.61 Å². The van der Waals surface area contributed by atoms with Crippen LogP contribution >= 0.6 is 0 Å². The number of amides is 1. The molecule has 1 N–H and O–H groups in total. The summed E-state index contributed by atoms with van der Waals surface area (Å²) >= 11 is 0. The molecule has 0 spiro atoms. The van der Waals surface area contributed by atoms with Crippen molar-refractivity contribution in [3.8, 4) is 5.75 Å². The number of rotatable bonds is 7. The van der Waals surface area contributed by atoms with Crippen molar-refractivity contribution in [2.24, 2.45) is 0 Å². The molecule has 1 amide bonds. The third kappa shape index (κ3) is 4.96. The van der Waals surface area contributed by atoms with Gasteiger partial charge in [0.2, 0.25) is 0 Å². The molecular formula is C24H23NO5. The van der Waals surface area contributed by atoms with Crippen molar-refractivity contribution in [1.82, 2.24) is 0 Å². The van der Waals surface area contributed by atoms with Gasteiger partial charge < -0.3 is 19.5 Å². The van der Waals surface area contributed by atoms with E-state index in [1.165, 1.54) is 0 Å². The highest BCUT2D eigenvalue weighted by Crippen LogP contribution is 2.23. The zero-order valence-corrected chi connectivity index (χ0v) is 16.5. The van der Waals surface area contributed by atoms with E-state index in [4.69, 9.17) is 14.2 Å². The summed E-state index contributed by atoms with van der Waals surface area (Å²) in [6.45, 7) is 0.921. The van der Waals surface area contributed by atoms with Gasteiger partial charge in [0.1, 0.15) is 12.4 Å². The largest absolute Gasteiger partial charge is 0.491 e. The molecule has 4 rings (SSSR count). The Labute approximate surface area is 174 Å². The van der Waals surface area contributed by atoms with Crippen LogP contribution in [0.3, 0.4) is 0 Å². The molecule has 154 valence electrons. The van der Waals surface area contributed by atoms with Crippen molar-refractivity contribution < 1.29 is 23.8 Å². The van der Waals surface area contributed by atoms with Gasteiger partial charge in [-0.3, -0.25) is 4.79 Å². The molecule has 3 aromatic carbocycles. The molecule has 3 aromatic rings. The van der Waals surface area contributed by atoms with Gasteiger partial charge in [-0.05, 0) is 48.6 Å². The Hall–Kier alpha value is -3.38. The lowest BCUT2D eigenvalue weighted by Gasteiger charge is -2.12. The average Bonchev–Trinajstić information content (AvgIpc) is 3.30. The van der Waals surface area contributed by atoms with Crippen LogP contribution in [0.15, 0.2) is 66.7 Å². The third-order valence-electron chi connectivity index (χ3n) is 4.95. The van der Waals surface area contributed by atoms with Crippen LogP contribution in [0.1, 0.15) is 23.2 Å². The van der Waals surface area contributed by atoms with Crippen molar-refractivity contribution in [3.05, 3.63) is 72.3 Å². The lowest BCUT2D eigenvalue weighted by atomic mass is 10.1. The Morgan fingerprint density at radius 3 is 2.60 bits per heavy atom. The fraction of sp³-hybridized carbons (Fsp3) is 0.250. The van der Waals surface area contributed by atoms with Crippen LogP contribution in [0.5, 0.6) is 5.75 Å². The predicted molar refractivity (Wildman–Crippen MR) is 114 cm³/mol. The van der Waals surface area contributed by atoms with Crippen LogP contribution < -0.4 is 10.1 Å². The molecule has 0 bridgehead atoms. The molecule has 1 aliphatic heterocycles. The summed E-state index contributed by atoms with van der Waals surface area (Å²) in [5.41, 5.74) is 1.04. The summed E-state index contributed by atoms with van der Waals surface area (Å²) in [7, 11) is 0. The molecule has 1 atom stereocenters. The Morgan fingerprint density at radius 1 is 1.00 bits per heavy atom. The van der Waals surface area contributed by atoms with E-state index in [-0.39, 0.29) is 12.7 Å². The zero-order chi connectivity index (χ0) is 20.8. The highest BCUT2D eigenvalue weighted by molar-refractivity contribution is 6.03. The average molecular weight is 405 g/mol. The van der Waals surface area contributed by atoms with E-state index >= 15 is 0 Å². The number of carbonyl (C=O) groups is 2. The Morgan fingerprint density at radius 2 is 1.80 bits per heavy atom. The lowest BCUT2D eigenvalue weighted by molar-refractivity contribution is -0.119. The second kappa shape index (κ2) is 9.41. The van der Waals surface area contributed by atoms with E-state index in [1.54, 1.807) is 24.3 Å². The van der Waals surface area contributed by atoms with E-state index in [0.717, 1.165) is 30.2 Å². The number of ether oxygens (including phenoxy) is 3. The second-order valence-corrected chi connectivity index (χ2v) is 7.12. The van der Waals surface area contributed by atoms with Gasteiger partial charge in [-0.25, -0.2) is 4.79 Å². The minimum Gasteiger partial charge on any atom is -0.491 e. The molecule has 6 heteroatoms. The van der Waals surface area contributed by atoms with E-state index in [2.05, 4.69) is 5.32 Å². The molecule has 6 nitrogen and oxygen atoms in total. The molecule has 1 heterocycles. The first-order valence-electron chi connectivity index (χ1n) is 9.98. The lowest BCUT2D eigenvalue weighted by Crippen LogP contribution is -2.21. The van der Waals surface area contributed by atoms with Crippen molar-refractivity contribution in [3.63, 3.8) is 0 Å². The zero-order valence-electron chi connectivity index (χ0n) is 16.5. The van der Waals surface area contributed by atoms with E-state index in [0.29, 0.717) is 23.6 Å². The summed E-state index contributed by atoms with van der Waals surface area (Å²) in [6.07, 6.45) is 2.20. The third-order valence-corrected chi connectivity index (χ3v) is 4.95. The first kappa shape index (κ1) is 19.9. The molecular weight excluding hydrogens is 382 g/mol. The number of esters is 1. The molecule has 1 fully saturated rings. The predicted octanol–water partition coefficient (Wildman–Crippen LogP) is 4.19. The smallest absolute Gasteiger partial charge is 0.338 e. The van der Waals surface area contributed by atoms with Gasteiger partial charge in [-0.15, -0.1) is 0 Å². The number of nitrogens with one attached hydrogen (secondary N) is 1. The SMILES string of the molecule is O=C(COC(=O)c1ccc(OC[C@@H]2CCCO2)cc1)Nc1cccc2ccccc12. The van der Waals surface area contributed by atoms with Crippen LogP contribution in [-0.2, 0) is 14.3 Å². The first-order chi connectivity index (χ1) is 14.7. The van der Waals surface area contributed by atoms with Crippen LogP contribution in [0, 0.1) is 0 Å². The van der Waals surface area contributed by atoms with E-state index < -0.39 is 11.9 Å². The summed E-state index contributed by atoms with van der Waals surface area (Å²) in [5, 5.41) is 4.75. The van der Waals surface area contributed by atoms with Crippen molar-refractivity contribution in [2.75, 3.05) is 25.1 Å². The maximum atomic E-state index is 12.2. The van der Waals surface area contributed by atoms with Crippen LogP contribution in [0.25, 0.3) is 10.8 Å². The molecule has 0 saturated carbocycles. The maximum absolute atomic E-state index is 12.2. The fourth-order valence-corrected chi connectivity index (χ4v) is 3.39. The van der Waals surface area contributed by atoms with Crippen molar-refractivity contribution in [2.45, 2.75) is 18.9 Å². The second-order valence-electron chi connectivity index (χ2n) is 7.12. The standard InChI is InChI=1S/C24H23NO5/c26-23(25-22-9-3-6-17-5-1-2-8-21(17)22)16-30-24(27)18-10-12-19(13-11-18)29-15-20-7-4-14-28-20/h1-3,5-6,8-13,20H,4,7,14-16H2,(H,25,26)/t20-/m0/s1. The summed E-state index contributed by atoms with van der Waals surface area (Å²) in [4.78, 5) is 24.5. The van der Waals surface area contributed by atoms with Crippen LogP contribution in [0.4, 0.5) is 5.69 Å². The molecule has 0 radical (unpaired) electrons. The fourth-order valence-electron chi connectivity index (χ4n) is 3.39. The number of benzene rings is 3. The van der Waals surface area contributed by atoms with Gasteiger partial charge in [-0.1, -0.05) is 36.4 Å². The highest BCUT2D eigenvalue weighted by Gasteiger charge is 2.16. The molecule has 0 aromatic heterocycles. The number of hydrogen-bond acceptors (Lipinski definition) is 5. The van der Waals surface area contributed by atoms with E-state index in [9.17, 15) is 9.59 Å². The molecule has 0 unspecified atom stereocenters. The normalized spacial score (nSPS) is 15.7. The minimum absolute atomic E-state index is 0.134. The Kier molecular flexibility index (Phi) is 6.25. The Bertz CT molecular complexity index is 1020. The van der Waals surface area contributed by atoms with Crippen LogP contribution in [-0.4, -0.2) is 37.8 Å². The number of carbonyl (C=O) groups excluding carboxylic acids is 2. The number of anilines is 1. The Balaban J connectivity index is 1.28. The van der Waals surface area contributed by atoms with E-state index in [1.807, 2.05) is 42.5 Å². The van der Waals surface area contributed by atoms with Crippen molar-refractivity contribution >= 4 is 28.3 Å². The number of fused-ring (bicyclic) bond motifs is 1. The van der Waals surface area contributed by atoms with Gasteiger partial charge in [-0.2, -0.15) is 0 Å². The molecule has 1 aliphatic rings. The van der Waals surface area contributed by atoms with Gasteiger partial charge in [0.05, 0.1) is 11.7 Å². The topological polar surface area (TPSA) is 73.9 Å². The highest BCUT2D eigenvalue weighted by atomic mass is 16.5. The molecule has 0 aliphatic carbocycles. The minimum atomic E-state index is -0.561. The molecule has 1 saturated heterocycles. The maximum Gasteiger partial charge on any atom is 0.338 e. The van der Waals surface area contributed by atoms with Gasteiger partial charge in [0.25, 0.3) is 5.91 Å². The van der Waals surface area contributed by atoms with Crippen LogP contribution in [0.2, 0.25) is 0 Å².